The Hall–Kier alpha value is -8.21. The first-order chi connectivity index (χ1) is 30.3. The maximum absolute atomic E-state index is 5.52. The maximum Gasteiger partial charge on any atom is 0.145 e. The zero-order valence-electron chi connectivity index (χ0n) is 33.1. The van der Waals surface area contributed by atoms with Gasteiger partial charge in [-0.2, -0.15) is 0 Å². The van der Waals surface area contributed by atoms with Crippen molar-refractivity contribution in [3.8, 4) is 39.6 Å². The molecule has 0 aliphatic heterocycles. The average molecular weight is 777 g/mol. The Morgan fingerprint density at radius 3 is 1.33 bits per heavy atom. The van der Waals surface area contributed by atoms with Gasteiger partial charge in [-0.15, -0.1) is 0 Å². The molecule has 0 radical (unpaired) electrons. The van der Waals surface area contributed by atoms with E-state index in [1.807, 2.05) is 0 Å². The Morgan fingerprint density at radius 1 is 0.262 bits per heavy atom. The first-order valence-corrected chi connectivity index (χ1v) is 20.9. The van der Waals surface area contributed by atoms with Crippen LogP contribution in [0.5, 0.6) is 0 Å². The zero-order valence-corrected chi connectivity index (χ0v) is 33.1. The summed E-state index contributed by atoms with van der Waals surface area (Å²) >= 11 is 0. The quantitative estimate of drug-likeness (QED) is 0.160. The van der Waals surface area contributed by atoms with Crippen molar-refractivity contribution in [1.82, 2.24) is 18.7 Å². The molecule has 3 aromatic heterocycles. The van der Waals surface area contributed by atoms with E-state index in [0.717, 1.165) is 50.4 Å². The first-order valence-electron chi connectivity index (χ1n) is 20.9. The molecule has 0 unspecified atom stereocenters. The van der Waals surface area contributed by atoms with Gasteiger partial charge in [-0.25, -0.2) is 4.98 Å². The molecule has 0 amide bonds. The standard InChI is InChI=1S/C57H36N4/c1-3-16-37(17-4-1)38-30-32-40(33-31-38)59-51-28-13-11-24-45(51)49-34-35-50-46-25-12-14-29-52(46)60(56(50)55(49)59)41-20-15-21-42(36-41)61-54-48-27-10-8-23-44(48)43-22-7-9-26-47(43)53(54)58-57(61)39-18-5-2-6-19-39/h1-36H. The Bertz CT molecular complexity index is 3850. The molecule has 13 rings (SSSR count). The van der Waals surface area contributed by atoms with Crippen molar-refractivity contribution >= 4 is 76.2 Å². The molecule has 4 nitrogen and oxygen atoms in total. The number of fused-ring (bicyclic) bond motifs is 13. The summed E-state index contributed by atoms with van der Waals surface area (Å²) < 4.78 is 7.34. The minimum absolute atomic E-state index is 0.915. The molecule has 0 saturated carbocycles. The summed E-state index contributed by atoms with van der Waals surface area (Å²) in [6.45, 7) is 0. The molecular weight excluding hydrogens is 741 g/mol. The van der Waals surface area contributed by atoms with Gasteiger partial charge in [0.2, 0.25) is 0 Å². The van der Waals surface area contributed by atoms with Gasteiger partial charge in [0.25, 0.3) is 0 Å². The zero-order chi connectivity index (χ0) is 40.0. The maximum atomic E-state index is 5.52. The van der Waals surface area contributed by atoms with Gasteiger partial charge in [-0.05, 0) is 64.4 Å². The van der Waals surface area contributed by atoms with Gasteiger partial charge in [-0.3, -0.25) is 4.57 Å². The molecule has 0 fully saturated rings. The van der Waals surface area contributed by atoms with Crippen LogP contribution in [-0.2, 0) is 0 Å². The normalized spacial score (nSPS) is 11.9. The summed E-state index contributed by atoms with van der Waals surface area (Å²) in [6.07, 6.45) is 0. The first kappa shape index (κ1) is 33.7. The van der Waals surface area contributed by atoms with E-state index in [1.165, 1.54) is 65.4 Å². The lowest BCUT2D eigenvalue weighted by atomic mass is 10.00. The lowest BCUT2D eigenvalue weighted by molar-refractivity contribution is 1.09. The highest BCUT2D eigenvalue weighted by molar-refractivity contribution is 6.25. The van der Waals surface area contributed by atoms with Crippen molar-refractivity contribution in [2.24, 2.45) is 0 Å². The minimum atomic E-state index is 0.915. The van der Waals surface area contributed by atoms with Crippen molar-refractivity contribution in [3.63, 3.8) is 0 Å². The van der Waals surface area contributed by atoms with Crippen molar-refractivity contribution in [2.45, 2.75) is 0 Å². The third-order valence-corrected chi connectivity index (χ3v) is 12.6. The van der Waals surface area contributed by atoms with Crippen LogP contribution in [0.15, 0.2) is 218 Å². The highest BCUT2D eigenvalue weighted by atomic mass is 15.1. The Labute approximate surface area is 351 Å². The minimum Gasteiger partial charge on any atom is -0.307 e. The smallest absolute Gasteiger partial charge is 0.145 e. The van der Waals surface area contributed by atoms with Crippen LogP contribution in [0.25, 0.3) is 116 Å². The molecule has 13 aromatic rings. The summed E-state index contributed by atoms with van der Waals surface area (Å²) in [5.74, 6) is 0.915. The number of rotatable bonds is 5. The van der Waals surface area contributed by atoms with Gasteiger partial charge in [0.05, 0.1) is 33.1 Å². The lowest BCUT2D eigenvalue weighted by Gasteiger charge is -2.16. The monoisotopic (exact) mass is 776 g/mol. The molecule has 61 heavy (non-hydrogen) atoms. The van der Waals surface area contributed by atoms with E-state index in [2.05, 4.69) is 232 Å². The number of hydrogen-bond donors (Lipinski definition) is 0. The van der Waals surface area contributed by atoms with Gasteiger partial charge in [0.15, 0.2) is 0 Å². The van der Waals surface area contributed by atoms with Gasteiger partial charge in [0.1, 0.15) is 5.82 Å². The molecule has 0 atom stereocenters. The van der Waals surface area contributed by atoms with Gasteiger partial charge in [0, 0.05) is 54.9 Å². The predicted molar refractivity (Wildman–Crippen MR) is 256 cm³/mol. The van der Waals surface area contributed by atoms with Crippen LogP contribution in [0.3, 0.4) is 0 Å². The van der Waals surface area contributed by atoms with Gasteiger partial charge in [-0.1, -0.05) is 176 Å². The number of imidazole rings is 1. The van der Waals surface area contributed by atoms with E-state index in [1.54, 1.807) is 0 Å². The molecule has 4 heteroatoms. The molecule has 3 heterocycles. The lowest BCUT2D eigenvalue weighted by Crippen LogP contribution is -2.02. The molecule has 10 aromatic carbocycles. The van der Waals surface area contributed by atoms with Crippen LogP contribution >= 0.6 is 0 Å². The third kappa shape index (κ3) is 4.97. The Balaban J connectivity index is 1.12. The number of para-hydroxylation sites is 2. The largest absolute Gasteiger partial charge is 0.307 e. The number of aromatic nitrogens is 4. The predicted octanol–water partition coefficient (Wildman–Crippen LogP) is 14.9. The van der Waals surface area contributed by atoms with Crippen LogP contribution in [0, 0.1) is 0 Å². The number of nitrogens with zero attached hydrogens (tertiary/aromatic N) is 4. The molecule has 0 aliphatic carbocycles. The van der Waals surface area contributed by atoms with Gasteiger partial charge < -0.3 is 9.13 Å². The summed E-state index contributed by atoms with van der Waals surface area (Å²) in [4.78, 5) is 5.52. The SMILES string of the molecule is c1ccc(-c2ccc(-n3c4ccccc4c4ccc5c6ccccc6n(-c6cccc(-n7c(-c8ccccc8)nc8c9ccccc9c9ccccc9c87)c6)c5c43)cc2)cc1. The fourth-order valence-electron chi connectivity index (χ4n) is 9.98. The summed E-state index contributed by atoms with van der Waals surface area (Å²) in [7, 11) is 0. The fourth-order valence-corrected chi connectivity index (χ4v) is 9.98. The van der Waals surface area contributed by atoms with E-state index in [9.17, 15) is 0 Å². The fraction of sp³-hybridized carbons (Fsp3) is 0. The number of benzene rings is 10. The highest BCUT2D eigenvalue weighted by Gasteiger charge is 2.23. The summed E-state index contributed by atoms with van der Waals surface area (Å²) in [5, 5.41) is 9.65. The van der Waals surface area contributed by atoms with E-state index in [-0.39, 0.29) is 0 Å². The second-order valence-corrected chi connectivity index (χ2v) is 15.9. The van der Waals surface area contributed by atoms with Gasteiger partial charge >= 0.3 is 0 Å². The van der Waals surface area contributed by atoms with Crippen LogP contribution < -0.4 is 0 Å². The summed E-state index contributed by atoms with van der Waals surface area (Å²) in [6, 6.07) is 79.0. The molecule has 0 bridgehead atoms. The van der Waals surface area contributed by atoms with Crippen LogP contribution in [-0.4, -0.2) is 18.7 Å². The molecule has 0 N–H and O–H groups in total. The third-order valence-electron chi connectivity index (χ3n) is 12.6. The van der Waals surface area contributed by atoms with Crippen LogP contribution in [0.4, 0.5) is 0 Å². The van der Waals surface area contributed by atoms with E-state index in [4.69, 9.17) is 4.98 Å². The van der Waals surface area contributed by atoms with E-state index >= 15 is 0 Å². The Kier molecular flexibility index (Phi) is 7.27. The van der Waals surface area contributed by atoms with Crippen molar-refractivity contribution < 1.29 is 0 Å². The van der Waals surface area contributed by atoms with Crippen LogP contribution in [0.2, 0.25) is 0 Å². The molecule has 284 valence electrons. The van der Waals surface area contributed by atoms with E-state index < -0.39 is 0 Å². The number of hydrogen-bond acceptors (Lipinski definition) is 1. The molecular formula is C57H36N4. The van der Waals surface area contributed by atoms with E-state index in [0.29, 0.717) is 0 Å². The van der Waals surface area contributed by atoms with Crippen molar-refractivity contribution in [1.29, 1.82) is 0 Å². The molecule has 0 spiro atoms. The van der Waals surface area contributed by atoms with Crippen molar-refractivity contribution in [3.05, 3.63) is 218 Å². The molecule has 0 aliphatic rings. The van der Waals surface area contributed by atoms with Crippen molar-refractivity contribution in [2.75, 3.05) is 0 Å². The summed E-state index contributed by atoms with van der Waals surface area (Å²) in [5.41, 5.74) is 13.5. The van der Waals surface area contributed by atoms with Crippen LogP contribution in [0.1, 0.15) is 0 Å². The topological polar surface area (TPSA) is 27.7 Å². The Morgan fingerprint density at radius 2 is 0.705 bits per heavy atom. The second kappa shape index (κ2) is 13.2. The second-order valence-electron chi connectivity index (χ2n) is 15.9. The molecule has 0 saturated heterocycles. The average Bonchev–Trinajstić information content (AvgIpc) is 4.01. The highest BCUT2D eigenvalue weighted by Crippen LogP contribution is 2.43.